The van der Waals surface area contributed by atoms with Gasteiger partial charge in [0.15, 0.2) is 0 Å². The number of hydrogen-bond donors (Lipinski definition) is 3. The Labute approximate surface area is 194 Å². The highest BCUT2D eigenvalue weighted by Crippen LogP contribution is 2.30. The Hall–Kier alpha value is -1.83. The molecule has 0 aromatic heterocycles. The number of imide groups is 1. The molecule has 3 N–H and O–H groups in total. The van der Waals surface area contributed by atoms with Crippen LogP contribution in [0.2, 0.25) is 0 Å². The van der Waals surface area contributed by atoms with Crippen LogP contribution in [0.4, 0.5) is 9.59 Å². The van der Waals surface area contributed by atoms with Crippen molar-refractivity contribution in [1.82, 2.24) is 20.4 Å². The van der Waals surface area contributed by atoms with E-state index in [1.54, 1.807) is 0 Å². The third kappa shape index (κ3) is 8.26. The topological polar surface area (TPSA) is 86.2 Å². The second-order valence-corrected chi connectivity index (χ2v) is 9.83. The van der Waals surface area contributed by atoms with E-state index < -0.39 is 0 Å². The molecule has 8 heteroatoms. The molecular formula is C24H46N5O3+. The van der Waals surface area contributed by atoms with Crippen LogP contribution in [0.25, 0.3) is 0 Å². The second-order valence-electron chi connectivity index (χ2n) is 9.83. The lowest BCUT2D eigenvalue weighted by Crippen LogP contribution is -3.05. The Bertz CT molecular complexity index is 606. The van der Waals surface area contributed by atoms with Crippen molar-refractivity contribution in [2.75, 3.05) is 46.8 Å². The molecule has 184 valence electrons. The number of carbonyl (C=O) groups excluding carboxylic acids is 3. The maximum atomic E-state index is 12.9. The number of likely N-dealkylation sites (tertiary alicyclic amines) is 1. The molecule has 8 nitrogen and oxygen atoms in total. The first-order valence-corrected chi connectivity index (χ1v) is 12.8. The standard InChI is InChI=1S/C24H45N5O3/c1-5-19-18-28(24(32)26-21-11-8-7-9-12-21)16-13-20(19)17-22(30)29(6-2)23(31)25-14-10-15-27(3)4/h19-21H,5-18H2,1-4H3,(H,25,31)(H,26,32)/p+1/t19-,20-/m0/s1. The maximum absolute atomic E-state index is 12.9. The van der Waals surface area contributed by atoms with Crippen molar-refractivity contribution in [1.29, 1.82) is 0 Å². The number of amides is 5. The molecule has 2 aliphatic rings. The lowest BCUT2D eigenvalue weighted by atomic mass is 9.81. The van der Waals surface area contributed by atoms with Crippen LogP contribution in [-0.2, 0) is 4.79 Å². The van der Waals surface area contributed by atoms with Gasteiger partial charge in [0.25, 0.3) is 0 Å². The lowest BCUT2D eigenvalue weighted by Gasteiger charge is -2.39. The Balaban J connectivity index is 1.82. The average Bonchev–Trinajstić information content (AvgIpc) is 2.78. The molecule has 1 saturated heterocycles. The van der Waals surface area contributed by atoms with E-state index in [4.69, 9.17) is 0 Å². The van der Waals surface area contributed by atoms with Gasteiger partial charge in [-0.1, -0.05) is 32.6 Å². The number of hydrogen-bond acceptors (Lipinski definition) is 3. The van der Waals surface area contributed by atoms with Gasteiger partial charge in [-0.05, 0) is 38.0 Å². The van der Waals surface area contributed by atoms with Gasteiger partial charge in [0.2, 0.25) is 5.91 Å². The van der Waals surface area contributed by atoms with Gasteiger partial charge in [-0.3, -0.25) is 9.69 Å². The van der Waals surface area contributed by atoms with Gasteiger partial charge in [-0.25, -0.2) is 9.59 Å². The van der Waals surface area contributed by atoms with E-state index >= 15 is 0 Å². The SMILES string of the molecule is CC[C@H]1CN(C(=O)NC2CCCCC2)CC[C@H]1CC(=O)N(CC)C(=O)NCCC[NH+](C)C. The average molecular weight is 453 g/mol. The summed E-state index contributed by atoms with van der Waals surface area (Å²) in [6, 6.07) is 0.0734. The normalized spacial score (nSPS) is 22.0. The second kappa shape index (κ2) is 13.7. The minimum atomic E-state index is -0.288. The minimum absolute atomic E-state index is 0.0502. The van der Waals surface area contributed by atoms with Gasteiger partial charge in [-0.2, -0.15) is 0 Å². The number of urea groups is 2. The summed E-state index contributed by atoms with van der Waals surface area (Å²) in [5.74, 6) is 0.395. The van der Waals surface area contributed by atoms with Crippen LogP contribution in [0.15, 0.2) is 0 Å². The molecule has 1 saturated carbocycles. The van der Waals surface area contributed by atoms with Crippen molar-refractivity contribution in [2.45, 2.75) is 77.7 Å². The number of piperidine rings is 1. The molecule has 2 atom stereocenters. The molecule has 0 aromatic rings. The number of rotatable bonds is 9. The minimum Gasteiger partial charge on any atom is -0.340 e. The van der Waals surface area contributed by atoms with Crippen molar-refractivity contribution in [3.63, 3.8) is 0 Å². The van der Waals surface area contributed by atoms with Gasteiger partial charge < -0.3 is 20.4 Å². The zero-order valence-corrected chi connectivity index (χ0v) is 20.8. The Morgan fingerprint density at radius 1 is 1.03 bits per heavy atom. The highest BCUT2D eigenvalue weighted by molar-refractivity contribution is 5.94. The summed E-state index contributed by atoms with van der Waals surface area (Å²) in [5.41, 5.74) is 0. The van der Waals surface area contributed by atoms with E-state index in [2.05, 4.69) is 31.7 Å². The molecule has 0 spiro atoms. The van der Waals surface area contributed by atoms with E-state index in [0.29, 0.717) is 38.6 Å². The van der Waals surface area contributed by atoms with Gasteiger partial charge in [-0.15, -0.1) is 0 Å². The van der Waals surface area contributed by atoms with Crippen molar-refractivity contribution < 1.29 is 19.3 Å². The molecule has 1 aliphatic heterocycles. The van der Waals surface area contributed by atoms with E-state index in [1.165, 1.54) is 29.1 Å². The fourth-order valence-corrected chi connectivity index (χ4v) is 5.01. The van der Waals surface area contributed by atoms with Crippen molar-refractivity contribution in [2.24, 2.45) is 11.8 Å². The predicted molar refractivity (Wildman–Crippen MR) is 127 cm³/mol. The molecule has 0 bridgehead atoms. The molecule has 2 fully saturated rings. The van der Waals surface area contributed by atoms with Crippen LogP contribution in [-0.4, -0.2) is 80.6 Å². The first-order valence-electron chi connectivity index (χ1n) is 12.8. The van der Waals surface area contributed by atoms with Crippen LogP contribution < -0.4 is 15.5 Å². The monoisotopic (exact) mass is 452 g/mol. The van der Waals surface area contributed by atoms with Crippen LogP contribution in [0.3, 0.4) is 0 Å². The maximum Gasteiger partial charge on any atom is 0.324 e. The van der Waals surface area contributed by atoms with Crippen LogP contribution in [0.1, 0.15) is 71.6 Å². The number of nitrogens with zero attached hydrogens (tertiary/aromatic N) is 2. The molecule has 32 heavy (non-hydrogen) atoms. The molecule has 2 rings (SSSR count). The third-order valence-corrected chi connectivity index (χ3v) is 7.06. The predicted octanol–water partition coefficient (Wildman–Crippen LogP) is 1.86. The fraction of sp³-hybridized carbons (Fsp3) is 0.875. The lowest BCUT2D eigenvalue weighted by molar-refractivity contribution is -0.858. The first kappa shape index (κ1) is 26.4. The van der Waals surface area contributed by atoms with Crippen molar-refractivity contribution in [3.8, 4) is 0 Å². The van der Waals surface area contributed by atoms with Crippen molar-refractivity contribution in [3.05, 3.63) is 0 Å². The molecule has 1 heterocycles. The smallest absolute Gasteiger partial charge is 0.324 e. The molecule has 0 aromatic carbocycles. The Kier molecular flexibility index (Phi) is 11.3. The summed E-state index contributed by atoms with van der Waals surface area (Å²) in [5, 5.41) is 6.10. The number of nitrogens with one attached hydrogen (secondary N) is 3. The summed E-state index contributed by atoms with van der Waals surface area (Å²) in [6.07, 6.45) is 8.84. The molecular weight excluding hydrogens is 406 g/mol. The van der Waals surface area contributed by atoms with Crippen LogP contribution >= 0.6 is 0 Å². The Morgan fingerprint density at radius 3 is 2.38 bits per heavy atom. The summed E-state index contributed by atoms with van der Waals surface area (Å²) in [7, 11) is 4.16. The van der Waals surface area contributed by atoms with Gasteiger partial charge >= 0.3 is 12.1 Å². The molecule has 5 amide bonds. The zero-order chi connectivity index (χ0) is 23.5. The summed E-state index contributed by atoms with van der Waals surface area (Å²) >= 11 is 0. The van der Waals surface area contributed by atoms with Gasteiger partial charge in [0, 0.05) is 45.1 Å². The highest BCUT2D eigenvalue weighted by atomic mass is 16.2. The molecule has 0 unspecified atom stereocenters. The molecule has 1 aliphatic carbocycles. The van der Waals surface area contributed by atoms with E-state index in [1.807, 2.05) is 11.8 Å². The first-order chi connectivity index (χ1) is 15.3. The summed E-state index contributed by atoms with van der Waals surface area (Å²) < 4.78 is 0. The largest absolute Gasteiger partial charge is 0.340 e. The molecule has 0 radical (unpaired) electrons. The van der Waals surface area contributed by atoms with E-state index in [-0.39, 0.29) is 29.8 Å². The fourth-order valence-electron chi connectivity index (χ4n) is 5.01. The van der Waals surface area contributed by atoms with Crippen molar-refractivity contribution >= 4 is 18.0 Å². The quantitative estimate of drug-likeness (QED) is 0.467. The van der Waals surface area contributed by atoms with E-state index in [0.717, 1.165) is 38.6 Å². The van der Waals surface area contributed by atoms with Gasteiger partial charge in [0.05, 0.1) is 20.6 Å². The number of quaternary nitrogens is 1. The summed E-state index contributed by atoms with van der Waals surface area (Å²) in [4.78, 5) is 42.8. The number of carbonyl (C=O) groups is 3. The highest BCUT2D eigenvalue weighted by Gasteiger charge is 2.34. The summed E-state index contributed by atoms with van der Waals surface area (Å²) in [6.45, 7) is 7.28. The van der Waals surface area contributed by atoms with Crippen LogP contribution in [0.5, 0.6) is 0 Å². The third-order valence-electron chi connectivity index (χ3n) is 7.06. The van der Waals surface area contributed by atoms with E-state index in [9.17, 15) is 14.4 Å². The van der Waals surface area contributed by atoms with Gasteiger partial charge in [0.1, 0.15) is 0 Å². The zero-order valence-electron chi connectivity index (χ0n) is 20.8. The Morgan fingerprint density at radius 2 is 1.75 bits per heavy atom. The van der Waals surface area contributed by atoms with Crippen LogP contribution in [0, 0.1) is 11.8 Å².